The summed E-state index contributed by atoms with van der Waals surface area (Å²) in [6.07, 6.45) is -3.10. The molecular formula is C29H37F3N2O4. The zero-order valence-corrected chi connectivity index (χ0v) is 22.9. The van der Waals surface area contributed by atoms with Crippen molar-refractivity contribution in [2.24, 2.45) is 17.3 Å². The molecule has 3 aliphatic rings. The van der Waals surface area contributed by atoms with Gasteiger partial charge in [-0.15, -0.1) is 0 Å². The van der Waals surface area contributed by atoms with Gasteiger partial charge in [0.2, 0.25) is 5.54 Å². The van der Waals surface area contributed by atoms with Crippen molar-refractivity contribution in [2.75, 3.05) is 0 Å². The summed E-state index contributed by atoms with van der Waals surface area (Å²) in [7, 11) is 0. The van der Waals surface area contributed by atoms with E-state index in [9.17, 15) is 14.4 Å². The summed E-state index contributed by atoms with van der Waals surface area (Å²) in [5.41, 5.74) is -4.62. The molecule has 1 heterocycles. The van der Waals surface area contributed by atoms with Gasteiger partial charge < -0.3 is 15.0 Å². The predicted octanol–water partition coefficient (Wildman–Crippen LogP) is 5.81. The minimum atomic E-state index is -5.23. The van der Waals surface area contributed by atoms with Crippen LogP contribution in [0.1, 0.15) is 84.0 Å². The molecule has 9 heteroatoms. The number of Topliss-reactive ketones (excluding diaryl/α,β-unsaturated/α-hetero) is 1. The third kappa shape index (κ3) is 4.73. The van der Waals surface area contributed by atoms with Gasteiger partial charge in [-0.2, -0.15) is 13.2 Å². The molecule has 0 unspecified atom stereocenters. The standard InChI is InChI=1S/C29H37F3N2O4/c1-16(2)38-20-12-10-19(11-13-20)25(36)33-28(29(30,31)32)24-22(14-27(5,6)15-23(24)35)34(26(28)37)21-9-7-8-17(3)18(21)4/h10-13,16-18,21H,7-9,14-15H2,1-6H3,(H,33,36)/t17-,18-,21-,28+/m1/s1. The average molecular weight is 535 g/mol. The highest BCUT2D eigenvalue weighted by atomic mass is 19.4. The number of nitrogens with zero attached hydrogens (tertiary/aromatic N) is 1. The number of hydrogen-bond acceptors (Lipinski definition) is 4. The third-order valence-corrected chi connectivity index (χ3v) is 8.27. The van der Waals surface area contributed by atoms with E-state index in [0.29, 0.717) is 12.2 Å². The quantitative estimate of drug-likeness (QED) is 0.517. The van der Waals surface area contributed by atoms with Crippen LogP contribution in [0.15, 0.2) is 35.5 Å². The van der Waals surface area contributed by atoms with Crippen LogP contribution in [0.5, 0.6) is 5.75 Å². The van der Waals surface area contributed by atoms with E-state index in [1.807, 2.05) is 46.9 Å². The molecule has 208 valence electrons. The van der Waals surface area contributed by atoms with Gasteiger partial charge in [-0.3, -0.25) is 14.4 Å². The van der Waals surface area contributed by atoms with Gasteiger partial charge in [0.1, 0.15) is 5.75 Å². The van der Waals surface area contributed by atoms with Gasteiger partial charge in [-0.25, -0.2) is 0 Å². The molecule has 0 bridgehead atoms. The lowest BCUT2D eigenvalue weighted by molar-refractivity contribution is -0.192. The van der Waals surface area contributed by atoms with Crippen LogP contribution in [-0.4, -0.2) is 46.4 Å². The Morgan fingerprint density at radius 3 is 2.29 bits per heavy atom. The van der Waals surface area contributed by atoms with Crippen LogP contribution in [0.2, 0.25) is 0 Å². The van der Waals surface area contributed by atoms with Crippen molar-refractivity contribution in [2.45, 2.75) is 97.5 Å². The molecule has 38 heavy (non-hydrogen) atoms. The van der Waals surface area contributed by atoms with Crippen LogP contribution in [0.3, 0.4) is 0 Å². The lowest BCUT2D eigenvalue weighted by Gasteiger charge is -2.43. The maximum Gasteiger partial charge on any atom is 0.425 e. The molecular weight excluding hydrogens is 497 g/mol. The number of benzene rings is 1. The van der Waals surface area contributed by atoms with E-state index < -0.39 is 46.3 Å². The first-order valence-electron chi connectivity index (χ1n) is 13.4. The minimum Gasteiger partial charge on any atom is -0.491 e. The van der Waals surface area contributed by atoms with Gasteiger partial charge in [0, 0.05) is 23.7 Å². The molecule has 0 radical (unpaired) electrons. The average Bonchev–Trinajstić information content (AvgIpc) is 3.03. The Morgan fingerprint density at radius 1 is 1.08 bits per heavy atom. The summed E-state index contributed by atoms with van der Waals surface area (Å²) >= 11 is 0. The van der Waals surface area contributed by atoms with E-state index in [0.717, 1.165) is 12.8 Å². The first kappa shape index (κ1) is 28.2. The summed E-state index contributed by atoms with van der Waals surface area (Å²) in [6, 6.07) is 5.19. The Bertz CT molecular complexity index is 1160. The molecule has 2 amide bonds. The van der Waals surface area contributed by atoms with E-state index in [-0.39, 0.29) is 42.0 Å². The van der Waals surface area contributed by atoms with E-state index in [1.165, 1.54) is 29.2 Å². The number of allylic oxidation sites excluding steroid dienone is 1. The zero-order valence-electron chi connectivity index (χ0n) is 22.9. The molecule has 1 N–H and O–H groups in total. The lowest BCUT2D eigenvalue weighted by atomic mass is 9.72. The molecule has 1 fully saturated rings. The number of ether oxygens (including phenoxy) is 1. The molecule has 0 saturated heterocycles. The van der Waals surface area contributed by atoms with Gasteiger partial charge in [-0.05, 0) is 68.2 Å². The number of amides is 2. The third-order valence-electron chi connectivity index (χ3n) is 8.27. The maximum absolute atomic E-state index is 15.1. The molecule has 1 aromatic carbocycles. The Balaban J connectivity index is 1.82. The van der Waals surface area contributed by atoms with Gasteiger partial charge in [0.25, 0.3) is 11.8 Å². The summed E-state index contributed by atoms with van der Waals surface area (Å²) in [4.78, 5) is 42.0. The van der Waals surface area contributed by atoms with Crippen molar-refractivity contribution in [1.82, 2.24) is 10.2 Å². The van der Waals surface area contributed by atoms with Crippen LogP contribution in [0.25, 0.3) is 0 Å². The van der Waals surface area contributed by atoms with Crippen molar-refractivity contribution < 1.29 is 32.3 Å². The van der Waals surface area contributed by atoms with Crippen molar-refractivity contribution in [1.29, 1.82) is 0 Å². The zero-order chi connectivity index (χ0) is 28.2. The number of carbonyl (C=O) groups excluding carboxylic acids is 3. The highest BCUT2D eigenvalue weighted by Gasteiger charge is 2.72. The van der Waals surface area contributed by atoms with Crippen LogP contribution in [0.4, 0.5) is 13.2 Å². The van der Waals surface area contributed by atoms with Gasteiger partial charge >= 0.3 is 6.18 Å². The summed E-state index contributed by atoms with van der Waals surface area (Å²) in [5, 5.41) is 2.04. The molecule has 4 rings (SSSR count). The topological polar surface area (TPSA) is 75.7 Å². The van der Waals surface area contributed by atoms with Crippen LogP contribution in [0, 0.1) is 17.3 Å². The van der Waals surface area contributed by atoms with Crippen molar-refractivity contribution in [3.05, 3.63) is 41.1 Å². The number of ketones is 1. The molecule has 1 aromatic rings. The summed E-state index contributed by atoms with van der Waals surface area (Å²) in [5.74, 6) is -2.50. The molecule has 4 atom stereocenters. The monoisotopic (exact) mass is 534 g/mol. The summed E-state index contributed by atoms with van der Waals surface area (Å²) in [6.45, 7) is 11.3. The number of hydrogen-bond donors (Lipinski definition) is 1. The van der Waals surface area contributed by atoms with E-state index in [4.69, 9.17) is 4.74 Å². The highest BCUT2D eigenvalue weighted by molar-refractivity contribution is 6.14. The number of halogens is 3. The van der Waals surface area contributed by atoms with Gasteiger partial charge in [0.05, 0.1) is 11.7 Å². The van der Waals surface area contributed by atoms with Crippen LogP contribution in [-0.2, 0) is 9.59 Å². The van der Waals surface area contributed by atoms with E-state index in [2.05, 4.69) is 0 Å². The largest absolute Gasteiger partial charge is 0.491 e. The van der Waals surface area contributed by atoms with E-state index >= 15 is 13.2 Å². The van der Waals surface area contributed by atoms with Crippen molar-refractivity contribution in [3.8, 4) is 5.75 Å². The fourth-order valence-corrected chi connectivity index (χ4v) is 6.25. The first-order chi connectivity index (χ1) is 17.6. The van der Waals surface area contributed by atoms with Crippen molar-refractivity contribution >= 4 is 17.6 Å². The second-order valence-electron chi connectivity index (χ2n) is 12.2. The SMILES string of the molecule is CC(C)Oc1ccc(C(=O)N[C@]2(C(F)(F)F)C(=O)N([C@@H]3CCC[C@@H](C)[C@H]3C)C3=C2C(=O)CC(C)(C)C3)cc1. The molecule has 1 aliphatic heterocycles. The number of carbonyl (C=O) groups is 3. The fraction of sp³-hybridized carbons (Fsp3) is 0.621. The maximum atomic E-state index is 15.1. The number of nitrogens with one attached hydrogen (secondary N) is 1. The Morgan fingerprint density at radius 2 is 1.71 bits per heavy atom. The smallest absolute Gasteiger partial charge is 0.425 e. The minimum absolute atomic E-state index is 0.0603. The molecule has 0 spiro atoms. The highest BCUT2D eigenvalue weighted by Crippen LogP contribution is 2.54. The van der Waals surface area contributed by atoms with Gasteiger partial charge in [-0.1, -0.05) is 40.5 Å². The molecule has 6 nitrogen and oxygen atoms in total. The Kier molecular flexibility index (Phi) is 7.21. The number of rotatable bonds is 5. The normalized spacial score (nSPS) is 29.5. The van der Waals surface area contributed by atoms with Crippen LogP contribution < -0.4 is 10.1 Å². The van der Waals surface area contributed by atoms with Gasteiger partial charge in [0.15, 0.2) is 5.78 Å². The lowest BCUT2D eigenvalue weighted by Crippen LogP contribution is -2.67. The second kappa shape index (κ2) is 9.72. The fourth-order valence-electron chi connectivity index (χ4n) is 6.25. The van der Waals surface area contributed by atoms with E-state index in [1.54, 1.807) is 0 Å². The Hall–Kier alpha value is -2.84. The molecule has 0 aromatic heterocycles. The Labute approximate surface area is 222 Å². The summed E-state index contributed by atoms with van der Waals surface area (Å²) < 4.78 is 51.0. The molecule has 2 aliphatic carbocycles. The second-order valence-corrected chi connectivity index (χ2v) is 12.2. The molecule has 1 saturated carbocycles. The predicted molar refractivity (Wildman–Crippen MR) is 136 cm³/mol. The first-order valence-corrected chi connectivity index (χ1v) is 13.4. The van der Waals surface area contributed by atoms with Crippen LogP contribution >= 0.6 is 0 Å². The number of alkyl halides is 3. The van der Waals surface area contributed by atoms with Crippen molar-refractivity contribution in [3.63, 3.8) is 0 Å².